The number of nitrogens with zero attached hydrogens (tertiary/aromatic N) is 1. The fraction of sp³-hybridized carbons (Fsp3) is 0.176. The van der Waals surface area contributed by atoms with Gasteiger partial charge < -0.3 is 9.47 Å². The molecule has 4 heteroatoms. The van der Waals surface area contributed by atoms with Gasteiger partial charge in [-0.15, -0.1) is 0 Å². The lowest BCUT2D eigenvalue weighted by Gasteiger charge is -2.26. The van der Waals surface area contributed by atoms with Gasteiger partial charge in [-0.3, -0.25) is 0 Å². The maximum absolute atomic E-state index is 13.6. The molecule has 5 rings (SSSR count). The van der Waals surface area contributed by atoms with Crippen LogP contribution in [0, 0.1) is 13.8 Å². The van der Waals surface area contributed by atoms with Crippen molar-refractivity contribution in [3.05, 3.63) is 125 Å². The smallest absolute Gasteiger partial charge is 0.344 e. The van der Waals surface area contributed by atoms with Gasteiger partial charge in [0.2, 0.25) is 0 Å². The van der Waals surface area contributed by atoms with Crippen molar-refractivity contribution in [2.24, 2.45) is 0 Å². The average molecular weight is 502 g/mol. The molecule has 1 heterocycles. The first-order valence-corrected chi connectivity index (χ1v) is 12.7. The van der Waals surface area contributed by atoms with Crippen LogP contribution in [0.3, 0.4) is 0 Å². The van der Waals surface area contributed by atoms with E-state index in [1.165, 1.54) is 5.56 Å². The van der Waals surface area contributed by atoms with E-state index in [1.807, 2.05) is 80.6 Å². The first-order chi connectivity index (χ1) is 18.3. The van der Waals surface area contributed by atoms with Crippen molar-refractivity contribution in [1.82, 2.24) is 4.98 Å². The van der Waals surface area contributed by atoms with Gasteiger partial charge in [-0.25, -0.2) is 9.78 Å². The molecule has 0 aliphatic heterocycles. The molecule has 0 radical (unpaired) electrons. The van der Waals surface area contributed by atoms with Crippen molar-refractivity contribution < 1.29 is 14.3 Å². The fourth-order valence-corrected chi connectivity index (χ4v) is 4.90. The van der Waals surface area contributed by atoms with E-state index >= 15 is 0 Å². The molecule has 5 aromatic rings. The summed E-state index contributed by atoms with van der Waals surface area (Å²) in [5.41, 5.74) is 7.08. The number of aryl methyl sites for hydroxylation is 2. The van der Waals surface area contributed by atoms with Crippen molar-refractivity contribution in [3.8, 4) is 22.8 Å². The van der Waals surface area contributed by atoms with Crippen LogP contribution in [-0.2, 0) is 5.41 Å². The van der Waals surface area contributed by atoms with E-state index in [-0.39, 0.29) is 5.41 Å². The number of pyridine rings is 1. The molecule has 4 nitrogen and oxygen atoms in total. The van der Waals surface area contributed by atoms with E-state index < -0.39 is 5.97 Å². The highest BCUT2D eigenvalue weighted by molar-refractivity contribution is 6.06. The maximum Gasteiger partial charge on any atom is 0.344 e. The number of carbonyl (C=O) groups excluding carboxylic acids is 1. The minimum Gasteiger partial charge on any atom is -0.497 e. The highest BCUT2D eigenvalue weighted by Gasteiger charge is 2.23. The molecule has 0 N–H and O–H groups in total. The normalized spacial score (nSPS) is 11.4. The lowest BCUT2D eigenvalue weighted by molar-refractivity contribution is 0.0736. The number of esters is 1. The van der Waals surface area contributed by atoms with E-state index in [0.29, 0.717) is 17.0 Å². The van der Waals surface area contributed by atoms with Crippen LogP contribution < -0.4 is 9.47 Å². The molecule has 4 aromatic carbocycles. The van der Waals surface area contributed by atoms with Crippen LogP contribution in [0.4, 0.5) is 0 Å². The third-order valence-corrected chi connectivity index (χ3v) is 7.12. The Labute approximate surface area is 223 Å². The summed E-state index contributed by atoms with van der Waals surface area (Å²) in [6.45, 7) is 8.42. The Hall–Kier alpha value is -4.44. The van der Waals surface area contributed by atoms with Crippen molar-refractivity contribution in [2.75, 3.05) is 7.11 Å². The zero-order valence-corrected chi connectivity index (χ0v) is 22.4. The summed E-state index contributed by atoms with van der Waals surface area (Å²) in [4.78, 5) is 18.5. The monoisotopic (exact) mass is 501 g/mol. The van der Waals surface area contributed by atoms with Gasteiger partial charge in [-0.05, 0) is 66.9 Å². The Kier molecular flexibility index (Phi) is 6.73. The largest absolute Gasteiger partial charge is 0.497 e. The zero-order chi connectivity index (χ0) is 26.9. The average Bonchev–Trinajstić information content (AvgIpc) is 2.93. The molecule has 0 aliphatic rings. The van der Waals surface area contributed by atoms with E-state index in [1.54, 1.807) is 7.11 Å². The predicted molar refractivity (Wildman–Crippen MR) is 153 cm³/mol. The van der Waals surface area contributed by atoms with E-state index in [9.17, 15) is 4.79 Å². The Bertz CT molecular complexity index is 1620. The Morgan fingerprint density at radius 1 is 0.763 bits per heavy atom. The first kappa shape index (κ1) is 25.2. The molecule has 0 saturated heterocycles. The Morgan fingerprint density at radius 2 is 1.47 bits per heavy atom. The number of rotatable bonds is 6. The van der Waals surface area contributed by atoms with E-state index in [0.717, 1.165) is 38.9 Å². The molecule has 0 aliphatic carbocycles. The van der Waals surface area contributed by atoms with Gasteiger partial charge in [0.1, 0.15) is 11.5 Å². The highest BCUT2D eigenvalue weighted by Crippen LogP contribution is 2.33. The van der Waals surface area contributed by atoms with Gasteiger partial charge in [0.25, 0.3) is 0 Å². The number of benzene rings is 4. The number of fused-ring (bicyclic) bond motifs is 1. The van der Waals surface area contributed by atoms with Gasteiger partial charge in [-0.1, -0.05) is 80.1 Å². The van der Waals surface area contributed by atoms with Crippen LogP contribution in [0.1, 0.15) is 46.5 Å². The van der Waals surface area contributed by atoms with Gasteiger partial charge in [-0.2, -0.15) is 0 Å². The molecule has 0 fully saturated rings. The lowest BCUT2D eigenvalue weighted by atomic mass is 9.78. The minimum absolute atomic E-state index is 0.175. The van der Waals surface area contributed by atoms with Crippen LogP contribution in [0.5, 0.6) is 11.5 Å². The molecule has 0 saturated carbocycles. The van der Waals surface area contributed by atoms with Crippen molar-refractivity contribution >= 4 is 16.9 Å². The number of aromatic nitrogens is 1. The second-order valence-corrected chi connectivity index (χ2v) is 10.2. The summed E-state index contributed by atoms with van der Waals surface area (Å²) >= 11 is 0. The van der Waals surface area contributed by atoms with Crippen molar-refractivity contribution in [2.45, 2.75) is 33.1 Å². The minimum atomic E-state index is -0.415. The molecule has 0 bridgehead atoms. The van der Waals surface area contributed by atoms with Crippen LogP contribution >= 0.6 is 0 Å². The highest BCUT2D eigenvalue weighted by atomic mass is 16.5. The van der Waals surface area contributed by atoms with Crippen LogP contribution in [0.25, 0.3) is 22.2 Å². The van der Waals surface area contributed by atoms with Crippen molar-refractivity contribution in [3.63, 3.8) is 0 Å². The number of methoxy groups -OCH3 is 1. The first-order valence-electron chi connectivity index (χ1n) is 12.7. The third-order valence-electron chi connectivity index (χ3n) is 7.12. The van der Waals surface area contributed by atoms with Gasteiger partial charge in [0.15, 0.2) is 0 Å². The summed E-state index contributed by atoms with van der Waals surface area (Å²) in [6, 6.07) is 31.7. The van der Waals surface area contributed by atoms with E-state index in [2.05, 4.69) is 44.2 Å². The zero-order valence-electron chi connectivity index (χ0n) is 22.4. The lowest BCUT2D eigenvalue weighted by Crippen LogP contribution is -2.18. The number of ether oxygens (including phenoxy) is 2. The number of hydrogen-bond donors (Lipinski definition) is 0. The molecule has 190 valence electrons. The maximum atomic E-state index is 13.6. The van der Waals surface area contributed by atoms with Gasteiger partial charge in [0, 0.05) is 16.4 Å². The van der Waals surface area contributed by atoms with Gasteiger partial charge in [0.05, 0.1) is 23.9 Å². The van der Waals surface area contributed by atoms with E-state index in [4.69, 9.17) is 14.5 Å². The molecule has 0 spiro atoms. The standard InChI is InChI=1S/C34H31NO3/c1-22-18-23(2)32-29(19-22)30(21-31(35-32)24-10-9-13-28(20-24)37-5)33(36)38-27-16-14-26(15-17-27)34(3,4)25-11-7-6-8-12-25/h6-21H,1-5H3. The molecule has 0 atom stereocenters. The number of hydrogen-bond acceptors (Lipinski definition) is 4. The summed E-state index contributed by atoms with van der Waals surface area (Å²) in [5.74, 6) is 0.814. The number of carbonyl (C=O) groups is 1. The Balaban J connectivity index is 1.51. The predicted octanol–water partition coefficient (Wildman–Crippen LogP) is 8.07. The second kappa shape index (κ2) is 10.1. The van der Waals surface area contributed by atoms with Crippen molar-refractivity contribution in [1.29, 1.82) is 0 Å². The Morgan fingerprint density at radius 3 is 2.18 bits per heavy atom. The summed E-state index contributed by atoms with van der Waals surface area (Å²) in [6.07, 6.45) is 0. The molecule has 38 heavy (non-hydrogen) atoms. The summed E-state index contributed by atoms with van der Waals surface area (Å²) in [5, 5.41) is 0.779. The summed E-state index contributed by atoms with van der Waals surface area (Å²) < 4.78 is 11.3. The fourth-order valence-electron chi connectivity index (χ4n) is 4.90. The SMILES string of the molecule is COc1cccc(-c2cc(C(=O)Oc3ccc(C(C)(C)c4ccccc4)cc3)c3cc(C)cc(C)c3n2)c1. The van der Waals surface area contributed by atoms with Crippen LogP contribution in [0.2, 0.25) is 0 Å². The topological polar surface area (TPSA) is 48.4 Å². The van der Waals surface area contributed by atoms with Crippen LogP contribution in [-0.4, -0.2) is 18.1 Å². The third kappa shape index (κ3) is 4.90. The molecule has 0 unspecified atom stereocenters. The van der Waals surface area contributed by atoms with Gasteiger partial charge >= 0.3 is 5.97 Å². The molecular formula is C34H31NO3. The molecular weight excluding hydrogens is 470 g/mol. The summed E-state index contributed by atoms with van der Waals surface area (Å²) in [7, 11) is 1.63. The van der Waals surface area contributed by atoms with Crippen LogP contribution in [0.15, 0.2) is 97.1 Å². The quantitative estimate of drug-likeness (QED) is 0.174. The second-order valence-electron chi connectivity index (χ2n) is 10.2. The molecule has 1 aromatic heterocycles. The molecule has 0 amide bonds.